The molecule has 1 rings (SSSR count). The van der Waals surface area contributed by atoms with E-state index in [1.165, 1.54) is 0 Å². The molecule has 0 amide bonds. The highest BCUT2D eigenvalue weighted by Crippen LogP contribution is 2.21. The molecule has 0 radical (unpaired) electrons. The normalized spacial score (nSPS) is 13.3. The highest BCUT2D eigenvalue weighted by molar-refractivity contribution is 5.27. The van der Waals surface area contributed by atoms with Gasteiger partial charge in [-0.1, -0.05) is 25.4 Å². The summed E-state index contributed by atoms with van der Waals surface area (Å²) in [7, 11) is 0. The molecular formula is C8H14N2O. The minimum atomic E-state index is 0.435. The molecule has 2 N–H and O–H groups in total. The number of aromatic nitrogens is 1. The van der Waals surface area contributed by atoms with Crippen molar-refractivity contribution >= 4 is 5.82 Å². The lowest BCUT2D eigenvalue weighted by atomic mass is 10.0. The topological polar surface area (TPSA) is 52.0 Å². The minimum Gasteiger partial charge on any atom is -0.381 e. The lowest BCUT2D eigenvalue weighted by Gasteiger charge is -2.02. The first-order chi connectivity index (χ1) is 5.24. The predicted molar refractivity (Wildman–Crippen MR) is 44.2 cm³/mol. The van der Waals surface area contributed by atoms with Gasteiger partial charge in [0.15, 0.2) is 5.82 Å². The number of anilines is 1. The first-order valence-corrected chi connectivity index (χ1v) is 3.96. The smallest absolute Gasteiger partial charge is 0.167 e. The van der Waals surface area contributed by atoms with Crippen LogP contribution >= 0.6 is 0 Å². The highest BCUT2D eigenvalue weighted by atomic mass is 16.5. The van der Waals surface area contributed by atoms with Crippen LogP contribution in [0.3, 0.4) is 0 Å². The van der Waals surface area contributed by atoms with Gasteiger partial charge in [-0.25, -0.2) is 0 Å². The molecule has 1 aromatic heterocycles. The van der Waals surface area contributed by atoms with E-state index in [1.807, 2.05) is 0 Å². The molecule has 3 heteroatoms. The number of nitrogen functional groups attached to an aromatic ring is 1. The van der Waals surface area contributed by atoms with Gasteiger partial charge in [0.1, 0.15) is 5.76 Å². The van der Waals surface area contributed by atoms with Crippen molar-refractivity contribution in [3.05, 3.63) is 11.8 Å². The van der Waals surface area contributed by atoms with E-state index in [4.69, 9.17) is 10.3 Å². The van der Waals surface area contributed by atoms with Crippen molar-refractivity contribution < 1.29 is 4.52 Å². The van der Waals surface area contributed by atoms with E-state index in [0.29, 0.717) is 11.7 Å². The fraction of sp³-hybridized carbons (Fsp3) is 0.625. The summed E-state index contributed by atoms with van der Waals surface area (Å²) in [5, 5.41) is 3.62. The summed E-state index contributed by atoms with van der Waals surface area (Å²) in [6.45, 7) is 4.26. The van der Waals surface area contributed by atoms with E-state index in [9.17, 15) is 0 Å². The van der Waals surface area contributed by atoms with Gasteiger partial charge < -0.3 is 10.3 Å². The van der Waals surface area contributed by atoms with Gasteiger partial charge in [0.25, 0.3) is 0 Å². The monoisotopic (exact) mass is 154 g/mol. The highest BCUT2D eigenvalue weighted by Gasteiger charge is 2.09. The summed E-state index contributed by atoms with van der Waals surface area (Å²) in [5.74, 6) is 1.80. The number of nitrogens with zero attached hydrogens (tertiary/aromatic N) is 1. The maximum absolute atomic E-state index is 5.41. The molecule has 62 valence electrons. The first kappa shape index (κ1) is 8.11. The Morgan fingerprint density at radius 1 is 1.73 bits per heavy atom. The SMILES string of the molecule is CCCC(C)c1cc(N)no1. The van der Waals surface area contributed by atoms with Crippen molar-refractivity contribution in [3.63, 3.8) is 0 Å². The first-order valence-electron chi connectivity index (χ1n) is 3.96. The Bertz CT molecular complexity index is 220. The van der Waals surface area contributed by atoms with Crippen LogP contribution in [-0.4, -0.2) is 5.16 Å². The summed E-state index contributed by atoms with van der Waals surface area (Å²) >= 11 is 0. The van der Waals surface area contributed by atoms with Crippen LogP contribution in [0.25, 0.3) is 0 Å². The summed E-state index contributed by atoms with van der Waals surface area (Å²) in [5.41, 5.74) is 5.41. The summed E-state index contributed by atoms with van der Waals surface area (Å²) in [6.07, 6.45) is 2.27. The van der Waals surface area contributed by atoms with Crippen LogP contribution in [-0.2, 0) is 0 Å². The number of hydrogen-bond acceptors (Lipinski definition) is 3. The molecule has 0 aliphatic carbocycles. The zero-order chi connectivity index (χ0) is 8.27. The molecule has 0 saturated heterocycles. The Balaban J connectivity index is 2.60. The quantitative estimate of drug-likeness (QED) is 0.725. The van der Waals surface area contributed by atoms with E-state index < -0.39 is 0 Å². The number of hydrogen-bond donors (Lipinski definition) is 1. The standard InChI is InChI=1S/C8H14N2O/c1-3-4-6(2)7-5-8(9)10-11-7/h5-6H,3-4H2,1-2H3,(H2,9,10). The van der Waals surface area contributed by atoms with E-state index >= 15 is 0 Å². The predicted octanol–water partition coefficient (Wildman–Crippen LogP) is 2.16. The van der Waals surface area contributed by atoms with Crippen LogP contribution in [0.4, 0.5) is 5.82 Å². The zero-order valence-electron chi connectivity index (χ0n) is 7.00. The Labute approximate surface area is 66.6 Å². The lowest BCUT2D eigenvalue weighted by molar-refractivity contribution is 0.361. The third kappa shape index (κ3) is 1.97. The van der Waals surface area contributed by atoms with Crippen LogP contribution in [0, 0.1) is 0 Å². The molecule has 0 spiro atoms. The van der Waals surface area contributed by atoms with E-state index in [2.05, 4.69) is 19.0 Å². The average molecular weight is 154 g/mol. The van der Waals surface area contributed by atoms with Crippen molar-refractivity contribution in [2.45, 2.75) is 32.6 Å². The second-order valence-corrected chi connectivity index (χ2v) is 2.84. The molecule has 1 aromatic rings. The Kier molecular flexibility index (Phi) is 2.52. The number of nitrogens with two attached hydrogens (primary N) is 1. The van der Waals surface area contributed by atoms with E-state index in [0.717, 1.165) is 18.6 Å². The van der Waals surface area contributed by atoms with Gasteiger partial charge in [-0.05, 0) is 6.42 Å². The molecule has 0 aliphatic rings. The van der Waals surface area contributed by atoms with Crippen LogP contribution in [0.2, 0.25) is 0 Å². The molecule has 0 fully saturated rings. The third-order valence-electron chi connectivity index (χ3n) is 1.75. The Hall–Kier alpha value is -0.990. The summed E-state index contributed by atoms with van der Waals surface area (Å²) in [6, 6.07) is 1.79. The molecule has 0 aromatic carbocycles. The van der Waals surface area contributed by atoms with Crippen LogP contribution in [0.15, 0.2) is 10.6 Å². The van der Waals surface area contributed by atoms with Gasteiger partial charge in [-0.15, -0.1) is 0 Å². The molecule has 11 heavy (non-hydrogen) atoms. The molecule has 0 aliphatic heterocycles. The second kappa shape index (κ2) is 3.42. The van der Waals surface area contributed by atoms with Gasteiger partial charge >= 0.3 is 0 Å². The van der Waals surface area contributed by atoms with E-state index in [-0.39, 0.29) is 0 Å². The van der Waals surface area contributed by atoms with Crippen molar-refractivity contribution in [2.24, 2.45) is 0 Å². The minimum absolute atomic E-state index is 0.435. The molecule has 0 bridgehead atoms. The van der Waals surface area contributed by atoms with Crippen molar-refractivity contribution in [2.75, 3.05) is 5.73 Å². The summed E-state index contributed by atoms with van der Waals surface area (Å²) < 4.78 is 5.00. The van der Waals surface area contributed by atoms with Crippen LogP contribution in [0.5, 0.6) is 0 Å². The van der Waals surface area contributed by atoms with Gasteiger partial charge in [0, 0.05) is 12.0 Å². The Morgan fingerprint density at radius 2 is 2.45 bits per heavy atom. The van der Waals surface area contributed by atoms with Crippen LogP contribution in [0.1, 0.15) is 38.4 Å². The fourth-order valence-electron chi connectivity index (χ4n) is 1.11. The maximum Gasteiger partial charge on any atom is 0.167 e. The Morgan fingerprint density at radius 3 is 2.91 bits per heavy atom. The third-order valence-corrected chi connectivity index (χ3v) is 1.75. The molecule has 0 saturated carbocycles. The molecule has 1 heterocycles. The molecular weight excluding hydrogens is 140 g/mol. The number of rotatable bonds is 3. The molecule has 3 nitrogen and oxygen atoms in total. The van der Waals surface area contributed by atoms with Gasteiger partial charge in [-0.3, -0.25) is 0 Å². The second-order valence-electron chi connectivity index (χ2n) is 2.84. The van der Waals surface area contributed by atoms with Crippen molar-refractivity contribution in [1.82, 2.24) is 5.16 Å². The fourth-order valence-corrected chi connectivity index (χ4v) is 1.11. The largest absolute Gasteiger partial charge is 0.381 e. The molecule has 1 unspecified atom stereocenters. The van der Waals surface area contributed by atoms with Gasteiger partial charge in [-0.2, -0.15) is 0 Å². The average Bonchev–Trinajstić information content (AvgIpc) is 2.36. The van der Waals surface area contributed by atoms with E-state index in [1.54, 1.807) is 6.07 Å². The maximum atomic E-state index is 5.41. The van der Waals surface area contributed by atoms with Gasteiger partial charge in [0.05, 0.1) is 0 Å². The van der Waals surface area contributed by atoms with Crippen LogP contribution < -0.4 is 5.73 Å². The van der Waals surface area contributed by atoms with Crippen molar-refractivity contribution in [3.8, 4) is 0 Å². The molecule has 1 atom stereocenters. The summed E-state index contributed by atoms with van der Waals surface area (Å²) in [4.78, 5) is 0. The van der Waals surface area contributed by atoms with Gasteiger partial charge in [0.2, 0.25) is 0 Å². The zero-order valence-corrected chi connectivity index (χ0v) is 7.00. The lowest BCUT2D eigenvalue weighted by Crippen LogP contribution is -1.89. The van der Waals surface area contributed by atoms with Crippen molar-refractivity contribution in [1.29, 1.82) is 0 Å².